The van der Waals surface area contributed by atoms with Gasteiger partial charge >= 0.3 is 5.97 Å². The van der Waals surface area contributed by atoms with Gasteiger partial charge in [0, 0.05) is 13.2 Å². The molecule has 3 nitrogen and oxygen atoms in total. The number of carbonyl (C=O) groups is 1. The highest BCUT2D eigenvalue weighted by molar-refractivity contribution is 5.92. The molecule has 108 valence electrons. The maximum absolute atomic E-state index is 11.8. The van der Waals surface area contributed by atoms with Crippen LogP contribution in [0, 0.1) is 0 Å². The average molecular weight is 274 g/mol. The fourth-order valence-electron chi connectivity index (χ4n) is 2.78. The van der Waals surface area contributed by atoms with E-state index in [-0.39, 0.29) is 5.97 Å². The minimum Gasteiger partial charge on any atom is -0.463 e. The zero-order chi connectivity index (χ0) is 14.4. The van der Waals surface area contributed by atoms with Gasteiger partial charge in [0.2, 0.25) is 0 Å². The molecule has 0 spiro atoms. The van der Waals surface area contributed by atoms with Crippen LogP contribution in [0.2, 0.25) is 0 Å². The van der Waals surface area contributed by atoms with Crippen molar-refractivity contribution in [3.8, 4) is 0 Å². The number of hydrogen-bond acceptors (Lipinski definition) is 3. The molecule has 2 rings (SSSR count). The summed E-state index contributed by atoms with van der Waals surface area (Å²) in [4.78, 5) is 11.8. The smallest absolute Gasteiger partial charge is 0.331 e. The Labute approximate surface area is 120 Å². The summed E-state index contributed by atoms with van der Waals surface area (Å²) < 4.78 is 10.3. The molecule has 0 fully saturated rings. The standard InChI is InChI=1S/C17H22O3/c1-3-20-16(18)11-14-8-5-4-7-13-9-6-10-15(12-19-2)17(13)14/h6,9-11H,3-5,7-8,12H2,1-2H3/b14-11+. The minimum atomic E-state index is -0.248. The summed E-state index contributed by atoms with van der Waals surface area (Å²) in [7, 11) is 1.70. The molecule has 0 radical (unpaired) electrons. The Morgan fingerprint density at radius 3 is 2.85 bits per heavy atom. The Hall–Kier alpha value is -1.61. The van der Waals surface area contributed by atoms with Crippen molar-refractivity contribution in [2.45, 2.75) is 39.2 Å². The van der Waals surface area contributed by atoms with E-state index in [0.29, 0.717) is 13.2 Å². The normalized spacial score (nSPS) is 16.6. The fourth-order valence-corrected chi connectivity index (χ4v) is 2.78. The lowest BCUT2D eigenvalue weighted by Gasteiger charge is -2.14. The number of rotatable bonds is 4. The first-order valence-corrected chi connectivity index (χ1v) is 7.23. The third kappa shape index (κ3) is 3.48. The van der Waals surface area contributed by atoms with E-state index in [0.717, 1.165) is 36.8 Å². The molecule has 0 unspecified atom stereocenters. The van der Waals surface area contributed by atoms with Gasteiger partial charge in [-0.1, -0.05) is 18.2 Å². The summed E-state index contributed by atoms with van der Waals surface area (Å²) in [5.41, 5.74) is 4.75. The second kappa shape index (κ2) is 7.25. The monoisotopic (exact) mass is 274 g/mol. The van der Waals surface area contributed by atoms with E-state index < -0.39 is 0 Å². The zero-order valence-corrected chi connectivity index (χ0v) is 12.3. The van der Waals surface area contributed by atoms with Crippen molar-refractivity contribution in [3.63, 3.8) is 0 Å². The largest absolute Gasteiger partial charge is 0.463 e. The highest BCUT2D eigenvalue weighted by Gasteiger charge is 2.17. The number of hydrogen-bond donors (Lipinski definition) is 0. The Bertz CT molecular complexity index is 503. The predicted molar refractivity (Wildman–Crippen MR) is 79.3 cm³/mol. The maximum Gasteiger partial charge on any atom is 0.331 e. The lowest BCUT2D eigenvalue weighted by Crippen LogP contribution is -2.04. The Kier molecular flexibility index (Phi) is 5.36. The van der Waals surface area contributed by atoms with E-state index in [4.69, 9.17) is 9.47 Å². The first-order chi connectivity index (χ1) is 9.76. The van der Waals surface area contributed by atoms with Crippen LogP contribution in [-0.4, -0.2) is 19.7 Å². The molecule has 0 aromatic heterocycles. The van der Waals surface area contributed by atoms with Crippen molar-refractivity contribution in [2.24, 2.45) is 0 Å². The molecule has 1 aliphatic rings. The second-order valence-electron chi connectivity index (χ2n) is 5.01. The molecule has 0 bridgehead atoms. The first-order valence-electron chi connectivity index (χ1n) is 7.23. The summed E-state index contributed by atoms with van der Waals surface area (Å²) in [6, 6.07) is 6.30. The third-order valence-electron chi connectivity index (χ3n) is 3.58. The van der Waals surface area contributed by atoms with Crippen molar-refractivity contribution in [3.05, 3.63) is 41.0 Å². The van der Waals surface area contributed by atoms with Crippen LogP contribution >= 0.6 is 0 Å². The predicted octanol–water partition coefficient (Wildman–Crippen LogP) is 3.51. The van der Waals surface area contributed by atoms with Gasteiger partial charge in [-0.15, -0.1) is 0 Å². The van der Waals surface area contributed by atoms with Crippen molar-refractivity contribution in [1.29, 1.82) is 0 Å². The number of benzene rings is 1. The molecule has 0 saturated heterocycles. The molecule has 0 atom stereocenters. The fraction of sp³-hybridized carbons (Fsp3) is 0.471. The van der Waals surface area contributed by atoms with Gasteiger partial charge in [0.15, 0.2) is 0 Å². The molecule has 0 heterocycles. The molecule has 0 aliphatic heterocycles. The number of ether oxygens (including phenoxy) is 2. The maximum atomic E-state index is 11.8. The topological polar surface area (TPSA) is 35.5 Å². The van der Waals surface area contributed by atoms with Crippen LogP contribution in [0.3, 0.4) is 0 Å². The van der Waals surface area contributed by atoms with Gasteiger partial charge < -0.3 is 9.47 Å². The lowest BCUT2D eigenvalue weighted by molar-refractivity contribution is -0.137. The Morgan fingerprint density at radius 1 is 1.30 bits per heavy atom. The summed E-state index contributed by atoms with van der Waals surface area (Å²) in [6.07, 6.45) is 5.91. The molecule has 0 N–H and O–H groups in total. The number of allylic oxidation sites excluding steroid dienone is 1. The second-order valence-corrected chi connectivity index (χ2v) is 5.01. The summed E-state index contributed by atoms with van der Waals surface area (Å²) >= 11 is 0. The van der Waals surface area contributed by atoms with Crippen molar-refractivity contribution in [1.82, 2.24) is 0 Å². The van der Waals surface area contributed by atoms with Crippen LogP contribution in [0.15, 0.2) is 24.3 Å². The molecule has 3 heteroatoms. The summed E-state index contributed by atoms with van der Waals surface area (Å²) in [5, 5.41) is 0. The Morgan fingerprint density at radius 2 is 2.10 bits per heavy atom. The van der Waals surface area contributed by atoms with Gasteiger partial charge in [-0.25, -0.2) is 4.79 Å². The van der Waals surface area contributed by atoms with Gasteiger partial charge in [0.05, 0.1) is 13.2 Å². The number of esters is 1. The zero-order valence-electron chi connectivity index (χ0n) is 12.3. The molecule has 0 amide bonds. The van der Waals surface area contributed by atoms with E-state index in [1.54, 1.807) is 13.2 Å². The molecule has 20 heavy (non-hydrogen) atoms. The quantitative estimate of drug-likeness (QED) is 0.479. The molecule has 0 saturated carbocycles. The molecular formula is C17H22O3. The molecule has 1 aromatic rings. The van der Waals surface area contributed by atoms with Crippen LogP contribution in [0.25, 0.3) is 5.57 Å². The molecular weight excluding hydrogens is 252 g/mol. The highest BCUT2D eigenvalue weighted by atomic mass is 16.5. The summed E-state index contributed by atoms with van der Waals surface area (Å²) in [6.45, 7) is 2.81. The van der Waals surface area contributed by atoms with E-state index in [2.05, 4.69) is 18.2 Å². The van der Waals surface area contributed by atoms with Crippen molar-refractivity contribution < 1.29 is 14.3 Å². The lowest BCUT2D eigenvalue weighted by atomic mass is 9.93. The SMILES string of the molecule is CCOC(=O)/C=C1\CCCCc2cccc(COC)c21. The van der Waals surface area contributed by atoms with E-state index in [1.165, 1.54) is 11.1 Å². The van der Waals surface area contributed by atoms with Gasteiger partial charge in [0.1, 0.15) is 0 Å². The minimum absolute atomic E-state index is 0.248. The number of methoxy groups -OCH3 is 1. The van der Waals surface area contributed by atoms with Crippen LogP contribution in [0.5, 0.6) is 0 Å². The summed E-state index contributed by atoms with van der Waals surface area (Å²) in [5.74, 6) is -0.248. The number of fused-ring (bicyclic) bond motifs is 1. The third-order valence-corrected chi connectivity index (χ3v) is 3.58. The van der Waals surface area contributed by atoms with Crippen LogP contribution in [-0.2, 0) is 27.3 Å². The van der Waals surface area contributed by atoms with E-state index in [9.17, 15) is 4.79 Å². The number of aryl methyl sites for hydroxylation is 1. The molecule has 1 aromatic carbocycles. The van der Waals surface area contributed by atoms with Crippen molar-refractivity contribution >= 4 is 11.5 Å². The van der Waals surface area contributed by atoms with E-state index in [1.807, 2.05) is 6.92 Å². The van der Waals surface area contributed by atoms with E-state index >= 15 is 0 Å². The van der Waals surface area contributed by atoms with Gasteiger partial charge in [0.25, 0.3) is 0 Å². The van der Waals surface area contributed by atoms with Gasteiger partial charge in [-0.2, -0.15) is 0 Å². The van der Waals surface area contributed by atoms with Crippen LogP contribution < -0.4 is 0 Å². The Balaban J connectivity index is 2.43. The number of carbonyl (C=O) groups excluding carboxylic acids is 1. The average Bonchev–Trinajstić information content (AvgIpc) is 2.63. The van der Waals surface area contributed by atoms with Crippen LogP contribution in [0.1, 0.15) is 42.9 Å². The molecule has 1 aliphatic carbocycles. The first kappa shape index (κ1) is 14.8. The van der Waals surface area contributed by atoms with Crippen molar-refractivity contribution in [2.75, 3.05) is 13.7 Å². The van der Waals surface area contributed by atoms with Crippen LogP contribution in [0.4, 0.5) is 0 Å². The van der Waals surface area contributed by atoms with Gasteiger partial charge in [-0.05, 0) is 54.9 Å². The highest BCUT2D eigenvalue weighted by Crippen LogP contribution is 2.32. The van der Waals surface area contributed by atoms with Gasteiger partial charge in [-0.3, -0.25) is 0 Å².